The van der Waals surface area contributed by atoms with E-state index >= 15 is 0 Å². The quantitative estimate of drug-likeness (QED) is 0.439. The zero-order valence-electron chi connectivity index (χ0n) is 15.8. The lowest BCUT2D eigenvalue weighted by atomic mass is 10.1. The van der Waals surface area contributed by atoms with Crippen LogP contribution in [0.15, 0.2) is 24.3 Å². The second-order valence-electron chi connectivity index (χ2n) is 6.33. The molecule has 0 amide bonds. The lowest BCUT2D eigenvalue weighted by molar-refractivity contribution is -0.0549. The van der Waals surface area contributed by atoms with Gasteiger partial charge in [0.25, 0.3) is 0 Å². The Bertz CT molecular complexity index is 699. The summed E-state index contributed by atoms with van der Waals surface area (Å²) < 4.78 is 61.5. The molecule has 1 N–H and O–H groups in total. The summed E-state index contributed by atoms with van der Waals surface area (Å²) in [5, 5.41) is -4.58. The summed E-state index contributed by atoms with van der Waals surface area (Å²) in [7, 11) is -5.68. The average Bonchev–Trinajstić information content (AvgIpc) is 2.61. The van der Waals surface area contributed by atoms with Crippen LogP contribution in [-0.4, -0.2) is 43.4 Å². The van der Waals surface area contributed by atoms with Crippen molar-refractivity contribution in [3.05, 3.63) is 29.8 Å². The molecule has 27 heavy (non-hydrogen) atoms. The van der Waals surface area contributed by atoms with Gasteiger partial charge in [0, 0.05) is 18.8 Å². The molecule has 0 saturated heterocycles. The highest BCUT2D eigenvalue weighted by Crippen LogP contribution is 2.28. The number of carbonyl (C=O) groups excluding carboxylic acids is 1. The van der Waals surface area contributed by atoms with Crippen molar-refractivity contribution in [1.29, 1.82) is 0 Å². The molecule has 1 aromatic carbocycles. The van der Waals surface area contributed by atoms with Crippen molar-refractivity contribution in [1.82, 2.24) is 0 Å². The van der Waals surface area contributed by atoms with E-state index < -0.39 is 27.4 Å². The van der Waals surface area contributed by atoms with Crippen molar-refractivity contribution < 1.29 is 31.3 Å². The van der Waals surface area contributed by atoms with Gasteiger partial charge < -0.3 is 9.64 Å². The molecule has 1 unspecified atom stereocenters. The zero-order chi connectivity index (χ0) is 20.7. The molecule has 0 spiro atoms. The van der Waals surface area contributed by atoms with Gasteiger partial charge in [-0.2, -0.15) is 17.2 Å². The van der Waals surface area contributed by atoms with Crippen LogP contribution in [0.2, 0.25) is 0 Å². The van der Waals surface area contributed by atoms with Gasteiger partial charge in [-0.25, -0.2) is 4.79 Å². The van der Waals surface area contributed by atoms with Gasteiger partial charge in [-0.1, -0.05) is 26.7 Å². The maximum Gasteiger partial charge on any atom is 0.405 e. The summed E-state index contributed by atoms with van der Waals surface area (Å²) in [5.41, 5.74) is 0.924. The SMILES string of the molecule is CCCCN(CCCC)c1ccc(C(=O)OC(C)C(F)(F)S(=O)(=O)O)cc1. The second-order valence-corrected chi connectivity index (χ2v) is 7.82. The van der Waals surface area contributed by atoms with Crippen molar-refractivity contribution in [2.75, 3.05) is 18.0 Å². The minimum absolute atomic E-state index is 0.0164. The molecule has 0 saturated carbocycles. The predicted molar refractivity (Wildman–Crippen MR) is 99.8 cm³/mol. The molecule has 1 aromatic rings. The Morgan fingerprint density at radius 3 is 2.04 bits per heavy atom. The number of alkyl halides is 2. The van der Waals surface area contributed by atoms with E-state index in [1.54, 1.807) is 12.1 Å². The zero-order valence-corrected chi connectivity index (χ0v) is 16.6. The minimum Gasteiger partial charge on any atom is -0.451 e. The van der Waals surface area contributed by atoms with Gasteiger partial charge in [-0.05, 0) is 44.0 Å². The van der Waals surface area contributed by atoms with Crippen LogP contribution in [0.1, 0.15) is 56.8 Å². The standard InChI is InChI=1S/C18H27F2NO5S/c1-4-6-12-21(13-7-5-2)16-10-8-15(9-11-16)17(22)26-14(3)18(19,20)27(23,24)25/h8-11,14H,4-7,12-13H2,1-3H3,(H,23,24,25). The number of benzene rings is 1. The summed E-state index contributed by atoms with van der Waals surface area (Å²) in [4.78, 5) is 14.2. The Morgan fingerprint density at radius 1 is 1.15 bits per heavy atom. The van der Waals surface area contributed by atoms with E-state index in [-0.39, 0.29) is 5.56 Å². The largest absolute Gasteiger partial charge is 0.451 e. The molecule has 0 aromatic heterocycles. The molecule has 6 nitrogen and oxygen atoms in total. The fourth-order valence-electron chi connectivity index (χ4n) is 2.38. The topological polar surface area (TPSA) is 83.9 Å². The lowest BCUT2D eigenvalue weighted by Crippen LogP contribution is -2.42. The van der Waals surface area contributed by atoms with Crippen LogP contribution >= 0.6 is 0 Å². The van der Waals surface area contributed by atoms with Crippen LogP contribution < -0.4 is 4.90 Å². The van der Waals surface area contributed by atoms with Crippen molar-refractivity contribution in [3.63, 3.8) is 0 Å². The molecular formula is C18H27F2NO5S. The Hall–Kier alpha value is -1.74. The fourth-order valence-corrected chi connectivity index (χ4v) is 2.85. The van der Waals surface area contributed by atoms with Crippen molar-refractivity contribution in [2.24, 2.45) is 0 Å². The first-order chi connectivity index (χ1) is 12.5. The van der Waals surface area contributed by atoms with E-state index in [1.807, 2.05) is 0 Å². The molecule has 154 valence electrons. The molecule has 9 heteroatoms. The maximum atomic E-state index is 13.5. The lowest BCUT2D eigenvalue weighted by Gasteiger charge is -2.25. The molecule has 0 aliphatic carbocycles. The Morgan fingerprint density at radius 2 is 1.63 bits per heavy atom. The number of carbonyl (C=O) groups is 1. The van der Waals surface area contributed by atoms with E-state index in [1.165, 1.54) is 12.1 Å². The fraction of sp³-hybridized carbons (Fsp3) is 0.611. The highest BCUT2D eigenvalue weighted by molar-refractivity contribution is 7.86. The number of anilines is 1. The highest BCUT2D eigenvalue weighted by atomic mass is 32.2. The van der Waals surface area contributed by atoms with Crippen LogP contribution in [0.5, 0.6) is 0 Å². The Labute approximate surface area is 159 Å². The van der Waals surface area contributed by atoms with Crippen LogP contribution in [-0.2, 0) is 14.9 Å². The number of esters is 1. The number of unbranched alkanes of at least 4 members (excludes halogenated alkanes) is 2. The van der Waals surface area contributed by atoms with Crippen molar-refractivity contribution in [2.45, 2.75) is 57.8 Å². The maximum absolute atomic E-state index is 13.5. The molecule has 0 heterocycles. The molecule has 1 rings (SSSR count). The summed E-state index contributed by atoms with van der Waals surface area (Å²) in [6.45, 7) is 6.65. The summed E-state index contributed by atoms with van der Waals surface area (Å²) in [6, 6.07) is 6.29. The molecule has 1 atom stereocenters. The third-order valence-electron chi connectivity index (χ3n) is 4.13. The van der Waals surface area contributed by atoms with Gasteiger partial charge in [-0.3, -0.25) is 4.55 Å². The van der Waals surface area contributed by atoms with Crippen LogP contribution in [0.25, 0.3) is 0 Å². The number of halogens is 2. The van der Waals surface area contributed by atoms with Gasteiger partial charge in [-0.15, -0.1) is 0 Å². The van der Waals surface area contributed by atoms with Crippen LogP contribution in [0.3, 0.4) is 0 Å². The van der Waals surface area contributed by atoms with Crippen LogP contribution in [0.4, 0.5) is 14.5 Å². The van der Waals surface area contributed by atoms with E-state index in [9.17, 15) is 22.0 Å². The third-order valence-corrected chi connectivity index (χ3v) is 5.15. The van der Waals surface area contributed by atoms with Crippen LogP contribution in [0, 0.1) is 0 Å². The normalized spacial score (nSPS) is 13.3. The summed E-state index contributed by atoms with van der Waals surface area (Å²) >= 11 is 0. The first-order valence-corrected chi connectivity index (χ1v) is 10.4. The van der Waals surface area contributed by atoms with E-state index in [0.29, 0.717) is 6.92 Å². The van der Waals surface area contributed by atoms with Gasteiger partial charge in [0.15, 0.2) is 6.10 Å². The first kappa shape index (κ1) is 23.3. The number of hydrogen-bond acceptors (Lipinski definition) is 5. The number of ether oxygens (including phenoxy) is 1. The molecule has 0 bridgehead atoms. The third kappa shape index (κ3) is 6.42. The second kappa shape index (κ2) is 9.98. The number of hydrogen-bond donors (Lipinski definition) is 1. The predicted octanol–water partition coefficient (Wildman–Crippen LogP) is 4.12. The van der Waals surface area contributed by atoms with Crippen molar-refractivity contribution in [3.8, 4) is 0 Å². The molecule has 0 aliphatic heterocycles. The monoisotopic (exact) mass is 407 g/mol. The van der Waals surface area contributed by atoms with Gasteiger partial charge in [0.2, 0.25) is 0 Å². The number of nitrogens with zero attached hydrogens (tertiary/aromatic N) is 1. The number of rotatable bonds is 11. The minimum atomic E-state index is -5.68. The first-order valence-electron chi connectivity index (χ1n) is 8.95. The summed E-state index contributed by atoms with van der Waals surface area (Å²) in [5.74, 6) is -1.09. The van der Waals surface area contributed by atoms with E-state index in [0.717, 1.165) is 44.5 Å². The van der Waals surface area contributed by atoms with Gasteiger partial charge in [0.05, 0.1) is 5.56 Å². The molecule has 0 radical (unpaired) electrons. The Kier molecular flexibility index (Phi) is 8.61. The summed E-state index contributed by atoms with van der Waals surface area (Å²) in [6.07, 6.45) is 1.82. The van der Waals surface area contributed by atoms with Crippen molar-refractivity contribution >= 4 is 21.8 Å². The van der Waals surface area contributed by atoms with E-state index in [4.69, 9.17) is 4.55 Å². The molecule has 0 aliphatic rings. The highest BCUT2D eigenvalue weighted by Gasteiger charge is 2.52. The molecular weight excluding hydrogens is 380 g/mol. The van der Waals surface area contributed by atoms with E-state index in [2.05, 4.69) is 23.5 Å². The molecule has 0 fully saturated rings. The average molecular weight is 407 g/mol. The van der Waals surface area contributed by atoms with Gasteiger partial charge in [0.1, 0.15) is 0 Å². The van der Waals surface area contributed by atoms with Gasteiger partial charge >= 0.3 is 21.3 Å². The Balaban J connectivity index is 2.86. The smallest absolute Gasteiger partial charge is 0.405 e.